The minimum absolute atomic E-state index is 0.0624. The summed E-state index contributed by atoms with van der Waals surface area (Å²) in [6, 6.07) is 6.85. The molecule has 0 saturated carbocycles. The van der Waals surface area contributed by atoms with Crippen LogP contribution < -0.4 is 10.5 Å². The monoisotopic (exact) mass is 322 g/mol. The van der Waals surface area contributed by atoms with Crippen LogP contribution in [0.2, 0.25) is 0 Å². The molecule has 8 heteroatoms. The molecule has 1 aromatic carbocycles. The van der Waals surface area contributed by atoms with Gasteiger partial charge in [0, 0.05) is 18.5 Å². The molecule has 1 atom stereocenters. The molecule has 8 nitrogen and oxygen atoms in total. The Morgan fingerprint density at radius 1 is 1.42 bits per heavy atom. The number of pyridine rings is 1. The lowest BCUT2D eigenvalue weighted by molar-refractivity contribution is 0.476. The third kappa shape index (κ3) is 2.18. The molecule has 1 saturated heterocycles. The summed E-state index contributed by atoms with van der Waals surface area (Å²) in [4.78, 5) is 20.9. The van der Waals surface area contributed by atoms with Crippen LogP contribution in [0, 0.1) is 11.3 Å². The number of phenolic OH excluding ortho intramolecular Hbond substituents is 1. The number of rotatable bonds is 2. The van der Waals surface area contributed by atoms with Gasteiger partial charge in [-0.25, -0.2) is 9.67 Å². The zero-order valence-electron chi connectivity index (χ0n) is 12.7. The van der Waals surface area contributed by atoms with E-state index in [9.17, 15) is 15.2 Å². The van der Waals surface area contributed by atoms with Crippen LogP contribution in [-0.2, 0) is 0 Å². The molecule has 1 fully saturated rings. The number of benzene rings is 1. The average Bonchev–Trinajstić information content (AvgIpc) is 3.25. The summed E-state index contributed by atoms with van der Waals surface area (Å²) in [5, 5.41) is 24.1. The molecule has 0 aliphatic carbocycles. The van der Waals surface area contributed by atoms with E-state index in [1.807, 2.05) is 11.0 Å². The van der Waals surface area contributed by atoms with Gasteiger partial charge in [0.05, 0.1) is 17.2 Å². The smallest absolute Gasteiger partial charge is 0.268 e. The van der Waals surface area contributed by atoms with E-state index in [2.05, 4.69) is 15.1 Å². The summed E-state index contributed by atoms with van der Waals surface area (Å²) in [7, 11) is 0. The number of anilines is 1. The maximum absolute atomic E-state index is 12.2. The van der Waals surface area contributed by atoms with Gasteiger partial charge in [-0.15, -0.1) is 0 Å². The van der Waals surface area contributed by atoms with Crippen molar-refractivity contribution in [1.29, 1.82) is 5.26 Å². The van der Waals surface area contributed by atoms with Crippen molar-refractivity contribution in [2.45, 2.75) is 12.5 Å². The minimum atomic E-state index is -0.421. The summed E-state index contributed by atoms with van der Waals surface area (Å²) < 4.78 is 1.79. The second-order valence-electron chi connectivity index (χ2n) is 5.78. The Labute approximate surface area is 136 Å². The Morgan fingerprint density at radius 2 is 2.29 bits per heavy atom. The summed E-state index contributed by atoms with van der Waals surface area (Å²) in [5.74, 6) is 0.0895. The number of nitriles is 1. The molecule has 3 heterocycles. The molecule has 3 aromatic rings. The largest absolute Gasteiger partial charge is 0.508 e. The maximum atomic E-state index is 12.2. The Kier molecular flexibility index (Phi) is 3.20. The highest BCUT2D eigenvalue weighted by Gasteiger charge is 2.28. The summed E-state index contributed by atoms with van der Waals surface area (Å²) in [6.07, 6.45) is 3.99. The quantitative estimate of drug-likeness (QED) is 0.732. The van der Waals surface area contributed by atoms with Gasteiger partial charge in [0.25, 0.3) is 5.56 Å². The number of hydrogen-bond acceptors (Lipinski definition) is 6. The van der Waals surface area contributed by atoms with E-state index in [0.29, 0.717) is 29.7 Å². The van der Waals surface area contributed by atoms with E-state index in [-0.39, 0.29) is 17.4 Å². The highest BCUT2D eigenvalue weighted by molar-refractivity contribution is 5.95. The highest BCUT2D eigenvalue weighted by atomic mass is 16.3. The molecule has 120 valence electrons. The van der Waals surface area contributed by atoms with Crippen molar-refractivity contribution in [3.63, 3.8) is 0 Å². The van der Waals surface area contributed by atoms with Crippen LogP contribution in [0.1, 0.15) is 18.0 Å². The number of phenols is 1. The second-order valence-corrected chi connectivity index (χ2v) is 5.78. The highest BCUT2D eigenvalue weighted by Crippen LogP contribution is 2.34. The van der Waals surface area contributed by atoms with Crippen molar-refractivity contribution in [2.75, 3.05) is 18.0 Å². The van der Waals surface area contributed by atoms with Crippen LogP contribution in [0.25, 0.3) is 10.9 Å². The van der Waals surface area contributed by atoms with Crippen LogP contribution >= 0.6 is 0 Å². The van der Waals surface area contributed by atoms with Gasteiger partial charge in [0.15, 0.2) is 0 Å². The van der Waals surface area contributed by atoms with Crippen molar-refractivity contribution in [3.8, 4) is 11.8 Å². The van der Waals surface area contributed by atoms with Crippen molar-refractivity contribution >= 4 is 16.6 Å². The lowest BCUT2D eigenvalue weighted by atomic mass is 10.1. The van der Waals surface area contributed by atoms with E-state index in [4.69, 9.17) is 0 Å². The van der Waals surface area contributed by atoms with Crippen LogP contribution in [0.3, 0.4) is 0 Å². The van der Waals surface area contributed by atoms with Crippen molar-refractivity contribution in [3.05, 3.63) is 46.8 Å². The number of fused-ring (bicyclic) bond motifs is 1. The van der Waals surface area contributed by atoms with Gasteiger partial charge in [-0.2, -0.15) is 10.4 Å². The van der Waals surface area contributed by atoms with Gasteiger partial charge < -0.3 is 15.0 Å². The van der Waals surface area contributed by atoms with Gasteiger partial charge >= 0.3 is 0 Å². The van der Waals surface area contributed by atoms with Gasteiger partial charge in [0.2, 0.25) is 0 Å². The standard InChI is InChI=1S/C16H14N6O2/c17-6-13-15(12-5-11(23)1-2-14(12)20-16(13)24)21-4-3-10(7-21)22-9-18-8-19-22/h1-2,5,8-10,23H,3-4,7H2,(H,20,24)/t10-/m1/s1. The van der Waals surface area contributed by atoms with E-state index in [1.165, 1.54) is 12.4 Å². The van der Waals surface area contributed by atoms with Crippen LogP contribution in [0.5, 0.6) is 5.75 Å². The van der Waals surface area contributed by atoms with Crippen molar-refractivity contribution < 1.29 is 5.11 Å². The molecule has 0 radical (unpaired) electrons. The van der Waals surface area contributed by atoms with Crippen LogP contribution in [-0.4, -0.2) is 37.9 Å². The molecule has 0 unspecified atom stereocenters. The molecule has 0 amide bonds. The Bertz CT molecular complexity index is 1000. The van der Waals surface area contributed by atoms with Crippen molar-refractivity contribution in [2.24, 2.45) is 0 Å². The number of aromatic hydroxyl groups is 1. The lowest BCUT2D eigenvalue weighted by Gasteiger charge is -2.21. The third-order valence-electron chi connectivity index (χ3n) is 4.37. The molecule has 2 aromatic heterocycles. The summed E-state index contributed by atoms with van der Waals surface area (Å²) in [5.41, 5.74) is 0.799. The number of aromatic nitrogens is 4. The number of aromatic amines is 1. The van der Waals surface area contributed by atoms with E-state index >= 15 is 0 Å². The first-order chi connectivity index (χ1) is 11.7. The molecule has 2 N–H and O–H groups in total. The second kappa shape index (κ2) is 5.38. The molecule has 4 rings (SSSR count). The van der Waals surface area contributed by atoms with E-state index in [0.717, 1.165) is 6.42 Å². The van der Waals surface area contributed by atoms with Crippen molar-refractivity contribution in [1.82, 2.24) is 19.7 Å². The zero-order chi connectivity index (χ0) is 16.7. The SMILES string of the molecule is N#Cc1c(N2CC[C@@H](n3cncn3)C2)c2cc(O)ccc2[nH]c1=O. The fourth-order valence-corrected chi connectivity index (χ4v) is 3.26. The van der Waals surface area contributed by atoms with Crippen LogP contribution in [0.15, 0.2) is 35.6 Å². The van der Waals surface area contributed by atoms with Gasteiger partial charge in [-0.1, -0.05) is 0 Å². The normalized spacial score (nSPS) is 17.3. The third-order valence-corrected chi connectivity index (χ3v) is 4.37. The molecule has 1 aliphatic rings. The number of H-pyrrole nitrogens is 1. The van der Waals surface area contributed by atoms with Crippen LogP contribution in [0.4, 0.5) is 5.69 Å². The van der Waals surface area contributed by atoms with E-state index < -0.39 is 5.56 Å². The fraction of sp³-hybridized carbons (Fsp3) is 0.250. The molecular weight excluding hydrogens is 308 g/mol. The molecular formula is C16H14N6O2. The predicted molar refractivity (Wildman–Crippen MR) is 86.8 cm³/mol. The Morgan fingerprint density at radius 3 is 3.04 bits per heavy atom. The van der Waals surface area contributed by atoms with Gasteiger partial charge in [-0.05, 0) is 24.6 Å². The molecule has 1 aliphatic heterocycles. The maximum Gasteiger partial charge on any atom is 0.268 e. The van der Waals surface area contributed by atoms with E-state index in [1.54, 1.807) is 23.1 Å². The number of nitrogens with one attached hydrogen (secondary N) is 1. The summed E-state index contributed by atoms with van der Waals surface area (Å²) >= 11 is 0. The number of nitrogens with zero attached hydrogens (tertiary/aromatic N) is 5. The molecule has 24 heavy (non-hydrogen) atoms. The first-order valence-electron chi connectivity index (χ1n) is 7.55. The van der Waals surface area contributed by atoms with Gasteiger partial charge in [-0.3, -0.25) is 4.79 Å². The lowest BCUT2D eigenvalue weighted by Crippen LogP contribution is -2.25. The number of hydrogen-bond donors (Lipinski definition) is 2. The molecule has 0 spiro atoms. The minimum Gasteiger partial charge on any atom is -0.508 e. The fourth-order valence-electron chi connectivity index (χ4n) is 3.26. The Balaban J connectivity index is 1.85. The Hall–Kier alpha value is -3.34. The summed E-state index contributed by atoms with van der Waals surface area (Å²) in [6.45, 7) is 1.31. The first kappa shape index (κ1) is 14.3. The first-order valence-corrected chi connectivity index (χ1v) is 7.55. The average molecular weight is 322 g/mol. The molecule has 0 bridgehead atoms. The van der Waals surface area contributed by atoms with Gasteiger partial charge in [0.1, 0.15) is 30.0 Å². The predicted octanol–water partition coefficient (Wildman–Crippen LogP) is 1.15. The zero-order valence-corrected chi connectivity index (χ0v) is 12.7. The topological polar surface area (TPSA) is 111 Å².